The Labute approximate surface area is 149 Å². The van der Waals surface area contributed by atoms with Gasteiger partial charge in [0.05, 0.1) is 10.9 Å². The zero-order valence-electron chi connectivity index (χ0n) is 13.5. The van der Waals surface area contributed by atoms with Gasteiger partial charge in [0.2, 0.25) is 5.91 Å². The topological polar surface area (TPSA) is 78.0 Å². The molecule has 5 nitrogen and oxygen atoms in total. The molecule has 0 aliphatic heterocycles. The molecule has 6 heteroatoms. The number of aromatic nitrogens is 2. The van der Waals surface area contributed by atoms with Crippen molar-refractivity contribution >= 4 is 28.6 Å². The molecule has 0 fully saturated rings. The van der Waals surface area contributed by atoms with E-state index in [0.717, 1.165) is 5.56 Å². The molecule has 1 heterocycles. The van der Waals surface area contributed by atoms with Crippen LogP contribution < -0.4 is 11.3 Å². The monoisotopic (exact) mass is 351 g/mol. The number of amides is 1. The highest BCUT2D eigenvalue weighted by molar-refractivity contribution is 7.98. The standard InChI is InChI=1S/C19H17N3O2S/c1-2-11-22-18(24)15-5-3-4-6-16(15)21-19(22)25-12-13-7-9-14(10-8-13)17(20)23/h2-10H,1,11-12H2,(H2,20,23). The Morgan fingerprint density at radius 2 is 1.92 bits per heavy atom. The van der Waals surface area contributed by atoms with Crippen LogP contribution in [0.15, 0.2) is 71.1 Å². The first-order valence-electron chi connectivity index (χ1n) is 7.72. The van der Waals surface area contributed by atoms with Gasteiger partial charge in [-0.3, -0.25) is 14.2 Å². The minimum Gasteiger partial charge on any atom is -0.366 e. The number of hydrogen-bond acceptors (Lipinski definition) is 4. The van der Waals surface area contributed by atoms with E-state index in [1.807, 2.05) is 30.3 Å². The summed E-state index contributed by atoms with van der Waals surface area (Å²) >= 11 is 1.47. The molecule has 0 aliphatic rings. The number of hydrogen-bond donors (Lipinski definition) is 1. The second-order valence-corrected chi connectivity index (χ2v) is 6.41. The molecule has 126 valence electrons. The van der Waals surface area contributed by atoms with Crippen LogP contribution in [0.2, 0.25) is 0 Å². The Kier molecular flexibility index (Phi) is 5.00. The van der Waals surface area contributed by atoms with Gasteiger partial charge in [-0.05, 0) is 29.8 Å². The fourth-order valence-electron chi connectivity index (χ4n) is 2.46. The summed E-state index contributed by atoms with van der Waals surface area (Å²) in [6.45, 7) is 4.12. The molecule has 0 bridgehead atoms. The summed E-state index contributed by atoms with van der Waals surface area (Å²) in [6.07, 6.45) is 1.68. The second kappa shape index (κ2) is 7.36. The molecule has 3 aromatic rings. The number of nitrogens with zero attached hydrogens (tertiary/aromatic N) is 2. The summed E-state index contributed by atoms with van der Waals surface area (Å²) in [6, 6.07) is 14.4. The highest BCUT2D eigenvalue weighted by Crippen LogP contribution is 2.22. The van der Waals surface area contributed by atoms with Crippen molar-refractivity contribution in [2.75, 3.05) is 0 Å². The Bertz CT molecular complexity index is 994. The third kappa shape index (κ3) is 3.64. The van der Waals surface area contributed by atoms with E-state index in [1.54, 1.807) is 28.8 Å². The average molecular weight is 351 g/mol. The number of carbonyl (C=O) groups is 1. The lowest BCUT2D eigenvalue weighted by atomic mass is 10.1. The molecule has 0 aliphatic carbocycles. The van der Waals surface area contributed by atoms with E-state index in [1.165, 1.54) is 11.8 Å². The van der Waals surface area contributed by atoms with E-state index in [-0.39, 0.29) is 5.56 Å². The van der Waals surface area contributed by atoms with Gasteiger partial charge in [0.1, 0.15) is 0 Å². The summed E-state index contributed by atoms with van der Waals surface area (Å²) in [5.41, 5.74) is 7.35. The quantitative estimate of drug-likeness (QED) is 0.421. The van der Waals surface area contributed by atoms with E-state index in [2.05, 4.69) is 11.6 Å². The number of allylic oxidation sites excluding steroid dienone is 1. The molecular formula is C19H17N3O2S. The minimum absolute atomic E-state index is 0.0722. The number of benzene rings is 2. The zero-order valence-corrected chi connectivity index (χ0v) is 14.3. The van der Waals surface area contributed by atoms with Gasteiger partial charge >= 0.3 is 0 Å². The molecule has 2 N–H and O–H groups in total. The van der Waals surface area contributed by atoms with Crippen molar-refractivity contribution in [3.63, 3.8) is 0 Å². The SMILES string of the molecule is C=CCn1c(SCc2ccc(C(N)=O)cc2)nc2ccccc2c1=O. The molecule has 0 saturated carbocycles. The highest BCUT2D eigenvalue weighted by Gasteiger charge is 2.11. The zero-order chi connectivity index (χ0) is 17.8. The first-order chi connectivity index (χ1) is 12.1. The molecule has 0 spiro atoms. The van der Waals surface area contributed by atoms with Crippen molar-refractivity contribution in [3.05, 3.63) is 82.7 Å². The van der Waals surface area contributed by atoms with Crippen LogP contribution in [-0.2, 0) is 12.3 Å². The van der Waals surface area contributed by atoms with Gasteiger partial charge < -0.3 is 5.73 Å². The highest BCUT2D eigenvalue weighted by atomic mass is 32.2. The number of primary amides is 1. The Hall–Kier alpha value is -2.86. The van der Waals surface area contributed by atoms with Crippen LogP contribution in [0.5, 0.6) is 0 Å². The largest absolute Gasteiger partial charge is 0.366 e. The smallest absolute Gasteiger partial charge is 0.262 e. The summed E-state index contributed by atoms with van der Waals surface area (Å²) in [5.74, 6) is 0.177. The van der Waals surface area contributed by atoms with Crippen LogP contribution in [0.25, 0.3) is 10.9 Å². The lowest BCUT2D eigenvalue weighted by molar-refractivity contribution is 0.100. The second-order valence-electron chi connectivity index (χ2n) is 5.47. The van der Waals surface area contributed by atoms with Gasteiger partial charge in [0, 0.05) is 17.9 Å². The van der Waals surface area contributed by atoms with Gasteiger partial charge in [-0.1, -0.05) is 42.1 Å². The lowest BCUT2D eigenvalue weighted by Gasteiger charge is -2.11. The Balaban J connectivity index is 1.92. The maximum atomic E-state index is 12.7. The van der Waals surface area contributed by atoms with Crippen LogP contribution in [0.4, 0.5) is 0 Å². The fourth-order valence-corrected chi connectivity index (χ4v) is 3.43. The number of rotatable bonds is 6. The Morgan fingerprint density at radius 1 is 1.20 bits per heavy atom. The molecule has 2 aromatic carbocycles. The average Bonchev–Trinajstić information content (AvgIpc) is 2.63. The summed E-state index contributed by atoms with van der Waals surface area (Å²) in [7, 11) is 0. The van der Waals surface area contributed by atoms with Gasteiger partial charge in [-0.2, -0.15) is 0 Å². The molecule has 3 rings (SSSR count). The van der Waals surface area contributed by atoms with Crippen LogP contribution in [0.1, 0.15) is 15.9 Å². The van der Waals surface area contributed by atoms with Gasteiger partial charge in [-0.25, -0.2) is 4.98 Å². The van der Waals surface area contributed by atoms with Crippen molar-refractivity contribution in [2.24, 2.45) is 5.73 Å². The van der Waals surface area contributed by atoms with E-state index in [9.17, 15) is 9.59 Å². The van der Waals surface area contributed by atoms with Crippen LogP contribution in [0, 0.1) is 0 Å². The van der Waals surface area contributed by atoms with E-state index >= 15 is 0 Å². The predicted molar refractivity (Wildman–Crippen MR) is 101 cm³/mol. The molecule has 1 aromatic heterocycles. The van der Waals surface area contributed by atoms with Crippen molar-refractivity contribution in [2.45, 2.75) is 17.5 Å². The molecule has 0 radical (unpaired) electrons. The van der Waals surface area contributed by atoms with Crippen LogP contribution in [0.3, 0.4) is 0 Å². The van der Waals surface area contributed by atoms with E-state index < -0.39 is 5.91 Å². The Morgan fingerprint density at radius 3 is 2.60 bits per heavy atom. The lowest BCUT2D eigenvalue weighted by Crippen LogP contribution is -2.22. The van der Waals surface area contributed by atoms with Crippen molar-refractivity contribution in [1.82, 2.24) is 9.55 Å². The van der Waals surface area contributed by atoms with E-state index in [4.69, 9.17) is 5.73 Å². The minimum atomic E-state index is -0.449. The summed E-state index contributed by atoms with van der Waals surface area (Å²) in [4.78, 5) is 28.4. The van der Waals surface area contributed by atoms with Crippen molar-refractivity contribution in [1.29, 1.82) is 0 Å². The maximum absolute atomic E-state index is 12.7. The molecular weight excluding hydrogens is 334 g/mol. The number of fused-ring (bicyclic) bond motifs is 1. The molecule has 0 atom stereocenters. The first-order valence-corrected chi connectivity index (χ1v) is 8.70. The molecule has 0 unspecified atom stereocenters. The van der Waals surface area contributed by atoms with Crippen LogP contribution in [-0.4, -0.2) is 15.5 Å². The predicted octanol–water partition coefficient (Wildman–Crippen LogP) is 2.97. The summed E-state index contributed by atoms with van der Waals surface area (Å²) in [5, 5.41) is 1.24. The molecule has 1 amide bonds. The normalized spacial score (nSPS) is 10.7. The van der Waals surface area contributed by atoms with Crippen molar-refractivity contribution in [3.8, 4) is 0 Å². The van der Waals surface area contributed by atoms with Gasteiger partial charge in [0.15, 0.2) is 5.16 Å². The van der Waals surface area contributed by atoms with Gasteiger partial charge in [-0.15, -0.1) is 6.58 Å². The van der Waals surface area contributed by atoms with E-state index in [0.29, 0.717) is 33.9 Å². The number of nitrogens with two attached hydrogens (primary N) is 1. The van der Waals surface area contributed by atoms with Gasteiger partial charge in [0.25, 0.3) is 5.56 Å². The third-order valence-electron chi connectivity index (χ3n) is 3.74. The summed E-state index contributed by atoms with van der Waals surface area (Å²) < 4.78 is 1.62. The number of carbonyl (C=O) groups excluding carboxylic acids is 1. The number of thioether (sulfide) groups is 1. The van der Waals surface area contributed by atoms with Crippen molar-refractivity contribution < 1.29 is 4.79 Å². The molecule has 25 heavy (non-hydrogen) atoms. The molecule has 0 saturated heterocycles. The number of para-hydroxylation sites is 1. The first kappa shape index (κ1) is 17.0. The van der Waals surface area contributed by atoms with Crippen LogP contribution >= 0.6 is 11.8 Å². The third-order valence-corrected chi connectivity index (χ3v) is 4.79. The fraction of sp³-hybridized carbons (Fsp3) is 0.105. The maximum Gasteiger partial charge on any atom is 0.262 e.